The zero-order valence-electron chi connectivity index (χ0n) is 19.6. The number of benzene rings is 1. The number of guanidine groups is 1. The van der Waals surface area contributed by atoms with Gasteiger partial charge in [-0.25, -0.2) is 9.79 Å². The van der Waals surface area contributed by atoms with Gasteiger partial charge in [0.1, 0.15) is 5.60 Å². The Kier molecular flexibility index (Phi) is 8.71. The molecule has 1 aliphatic rings. The summed E-state index contributed by atoms with van der Waals surface area (Å²) < 4.78 is 5.35. The predicted octanol–water partition coefficient (Wildman–Crippen LogP) is 3.35. The monoisotopic (exact) mass is 431 g/mol. The molecule has 0 bridgehead atoms. The minimum Gasteiger partial charge on any atom is -0.444 e. The first-order chi connectivity index (χ1) is 14.6. The average molecular weight is 432 g/mol. The molecule has 0 aliphatic carbocycles. The minimum absolute atomic E-state index is 0.00350. The molecule has 2 amide bonds. The zero-order chi connectivity index (χ0) is 23.0. The Hall–Kier alpha value is -2.77. The minimum atomic E-state index is -0.508. The van der Waals surface area contributed by atoms with Crippen molar-refractivity contribution >= 4 is 23.6 Å². The maximum absolute atomic E-state index is 12.0. The number of likely N-dealkylation sites (tertiary alicyclic amines) is 1. The predicted molar refractivity (Wildman–Crippen MR) is 124 cm³/mol. The van der Waals surface area contributed by atoms with Gasteiger partial charge in [0, 0.05) is 31.2 Å². The van der Waals surface area contributed by atoms with Crippen molar-refractivity contribution in [1.29, 1.82) is 0 Å². The van der Waals surface area contributed by atoms with E-state index in [0.717, 1.165) is 36.7 Å². The summed E-state index contributed by atoms with van der Waals surface area (Å²) in [6, 6.07) is 7.77. The molecule has 172 valence electrons. The van der Waals surface area contributed by atoms with E-state index in [1.54, 1.807) is 0 Å². The number of rotatable bonds is 6. The molecule has 1 saturated heterocycles. The molecule has 0 aromatic heterocycles. The molecule has 31 heavy (non-hydrogen) atoms. The maximum atomic E-state index is 12.0. The van der Waals surface area contributed by atoms with Crippen LogP contribution >= 0.6 is 0 Å². The van der Waals surface area contributed by atoms with Crippen molar-refractivity contribution in [3.63, 3.8) is 0 Å². The SMILES string of the molecule is CCNC(=NCc1ccc(NC(=O)C(C)C)cc1)N1CCC(NC(=O)OC(C)(C)C)C1. The molecule has 1 aromatic rings. The van der Waals surface area contributed by atoms with Gasteiger partial charge in [-0.15, -0.1) is 0 Å². The van der Waals surface area contributed by atoms with Crippen LogP contribution in [0, 0.1) is 5.92 Å². The first kappa shape index (κ1) is 24.5. The van der Waals surface area contributed by atoms with Gasteiger partial charge < -0.3 is 25.6 Å². The Bertz CT molecular complexity index is 768. The van der Waals surface area contributed by atoms with Crippen LogP contribution in [0.25, 0.3) is 0 Å². The van der Waals surface area contributed by atoms with Gasteiger partial charge in [-0.1, -0.05) is 26.0 Å². The third kappa shape index (κ3) is 8.47. The molecule has 2 rings (SSSR count). The van der Waals surface area contributed by atoms with Gasteiger partial charge in [-0.3, -0.25) is 4.79 Å². The molecule has 1 unspecified atom stereocenters. The van der Waals surface area contributed by atoms with Crippen LogP contribution in [0.1, 0.15) is 53.5 Å². The van der Waals surface area contributed by atoms with Crippen molar-refractivity contribution in [1.82, 2.24) is 15.5 Å². The zero-order valence-corrected chi connectivity index (χ0v) is 19.6. The highest BCUT2D eigenvalue weighted by Crippen LogP contribution is 2.14. The van der Waals surface area contributed by atoms with Crippen LogP contribution in [0.3, 0.4) is 0 Å². The third-order valence-corrected chi connectivity index (χ3v) is 4.70. The van der Waals surface area contributed by atoms with E-state index in [2.05, 4.69) is 20.9 Å². The first-order valence-electron chi connectivity index (χ1n) is 11.0. The van der Waals surface area contributed by atoms with Crippen molar-refractivity contribution in [2.24, 2.45) is 10.9 Å². The van der Waals surface area contributed by atoms with Gasteiger partial charge >= 0.3 is 6.09 Å². The summed E-state index contributed by atoms with van der Waals surface area (Å²) in [6.45, 7) is 14.1. The fourth-order valence-electron chi connectivity index (χ4n) is 3.12. The molecular weight excluding hydrogens is 394 g/mol. The van der Waals surface area contributed by atoms with Crippen LogP contribution in [0.15, 0.2) is 29.3 Å². The summed E-state index contributed by atoms with van der Waals surface area (Å²) in [5.74, 6) is 0.776. The van der Waals surface area contributed by atoms with Crippen LogP contribution in [0.5, 0.6) is 0 Å². The molecule has 0 radical (unpaired) electrons. The quantitative estimate of drug-likeness (QED) is 0.474. The lowest BCUT2D eigenvalue weighted by Crippen LogP contribution is -2.44. The first-order valence-corrected chi connectivity index (χ1v) is 11.0. The Labute approximate surface area is 185 Å². The number of carbonyl (C=O) groups excluding carboxylic acids is 2. The molecule has 1 aliphatic heterocycles. The summed E-state index contributed by atoms with van der Waals surface area (Å²) in [4.78, 5) is 30.8. The van der Waals surface area contributed by atoms with Gasteiger partial charge in [-0.2, -0.15) is 0 Å². The lowest BCUT2D eigenvalue weighted by molar-refractivity contribution is -0.118. The van der Waals surface area contributed by atoms with Crippen molar-refractivity contribution in [2.45, 2.75) is 66.2 Å². The number of amides is 2. The Morgan fingerprint density at radius 2 is 1.90 bits per heavy atom. The molecule has 0 spiro atoms. The van der Waals surface area contributed by atoms with E-state index < -0.39 is 5.60 Å². The molecule has 1 fully saturated rings. The van der Waals surface area contributed by atoms with E-state index in [1.165, 1.54) is 0 Å². The molecule has 8 heteroatoms. The van der Waals surface area contributed by atoms with Crippen molar-refractivity contribution < 1.29 is 14.3 Å². The van der Waals surface area contributed by atoms with E-state index >= 15 is 0 Å². The number of nitrogens with one attached hydrogen (secondary N) is 3. The standard InChI is InChI=1S/C23H37N5O3/c1-7-24-21(28-13-12-19(15-28)27-22(30)31-23(4,5)6)25-14-17-8-10-18(11-9-17)26-20(29)16(2)3/h8-11,16,19H,7,12-15H2,1-6H3,(H,24,25)(H,26,29)(H,27,30). The Balaban J connectivity index is 1.93. The van der Waals surface area contributed by atoms with Crippen molar-refractivity contribution in [2.75, 3.05) is 25.0 Å². The van der Waals surface area contributed by atoms with E-state index in [1.807, 2.05) is 65.8 Å². The van der Waals surface area contributed by atoms with Crippen LogP contribution in [-0.2, 0) is 16.1 Å². The highest BCUT2D eigenvalue weighted by molar-refractivity contribution is 5.92. The van der Waals surface area contributed by atoms with Crippen LogP contribution in [0.4, 0.5) is 10.5 Å². The second-order valence-corrected chi connectivity index (χ2v) is 9.09. The normalized spacial score (nSPS) is 16.9. The van der Waals surface area contributed by atoms with Gasteiger partial charge in [-0.05, 0) is 51.8 Å². The molecular formula is C23H37N5O3. The number of carbonyl (C=O) groups is 2. The second-order valence-electron chi connectivity index (χ2n) is 9.09. The van der Waals surface area contributed by atoms with Crippen molar-refractivity contribution in [3.8, 4) is 0 Å². The number of alkyl carbamates (subject to hydrolysis) is 1. The largest absolute Gasteiger partial charge is 0.444 e. The Morgan fingerprint density at radius 1 is 1.23 bits per heavy atom. The molecule has 8 nitrogen and oxygen atoms in total. The summed E-state index contributed by atoms with van der Waals surface area (Å²) >= 11 is 0. The number of hydrogen-bond donors (Lipinski definition) is 3. The van der Waals surface area contributed by atoms with Gasteiger partial charge in [0.15, 0.2) is 5.96 Å². The van der Waals surface area contributed by atoms with E-state index in [9.17, 15) is 9.59 Å². The molecule has 0 saturated carbocycles. The summed E-state index contributed by atoms with van der Waals surface area (Å²) in [7, 11) is 0. The number of anilines is 1. The van der Waals surface area contributed by atoms with Crippen LogP contribution in [0.2, 0.25) is 0 Å². The molecule has 1 heterocycles. The van der Waals surface area contributed by atoms with Gasteiger partial charge in [0.05, 0.1) is 12.6 Å². The lowest BCUT2D eigenvalue weighted by atomic mass is 10.2. The van der Waals surface area contributed by atoms with Crippen molar-refractivity contribution in [3.05, 3.63) is 29.8 Å². The average Bonchev–Trinajstić information content (AvgIpc) is 3.12. The van der Waals surface area contributed by atoms with E-state index in [-0.39, 0.29) is 24.0 Å². The van der Waals surface area contributed by atoms with Crippen LogP contribution < -0.4 is 16.0 Å². The maximum Gasteiger partial charge on any atom is 0.407 e. The number of hydrogen-bond acceptors (Lipinski definition) is 4. The summed E-state index contributed by atoms with van der Waals surface area (Å²) in [5, 5.41) is 9.17. The summed E-state index contributed by atoms with van der Waals surface area (Å²) in [5.41, 5.74) is 1.33. The number of aliphatic imine (C=N–C) groups is 1. The lowest BCUT2D eigenvalue weighted by Gasteiger charge is -2.23. The molecule has 1 atom stereocenters. The summed E-state index contributed by atoms with van der Waals surface area (Å²) in [6.07, 6.45) is 0.458. The van der Waals surface area contributed by atoms with E-state index in [4.69, 9.17) is 9.73 Å². The third-order valence-electron chi connectivity index (χ3n) is 4.70. The van der Waals surface area contributed by atoms with Gasteiger partial charge in [0.25, 0.3) is 0 Å². The van der Waals surface area contributed by atoms with Gasteiger partial charge in [0.2, 0.25) is 5.91 Å². The Morgan fingerprint density at radius 3 is 2.48 bits per heavy atom. The fraction of sp³-hybridized carbons (Fsp3) is 0.609. The molecule has 1 aromatic carbocycles. The fourth-order valence-corrected chi connectivity index (χ4v) is 3.12. The molecule has 3 N–H and O–H groups in total. The topological polar surface area (TPSA) is 95.1 Å². The number of nitrogens with zero attached hydrogens (tertiary/aromatic N) is 2. The second kappa shape index (κ2) is 11.0. The van der Waals surface area contributed by atoms with E-state index in [0.29, 0.717) is 13.1 Å². The highest BCUT2D eigenvalue weighted by Gasteiger charge is 2.27. The highest BCUT2D eigenvalue weighted by atomic mass is 16.6. The number of ether oxygens (including phenoxy) is 1. The smallest absolute Gasteiger partial charge is 0.407 e. The van der Waals surface area contributed by atoms with Crippen LogP contribution in [-0.4, -0.2) is 54.1 Å².